The number of benzene rings is 1. The van der Waals surface area contributed by atoms with Crippen molar-refractivity contribution in [3.63, 3.8) is 0 Å². The van der Waals surface area contributed by atoms with E-state index in [2.05, 4.69) is 0 Å². The summed E-state index contributed by atoms with van der Waals surface area (Å²) in [4.78, 5) is 11.5. The molecule has 1 heterocycles. The van der Waals surface area contributed by atoms with Gasteiger partial charge >= 0.3 is 5.97 Å². The topological polar surface area (TPSA) is 49.7 Å². The van der Waals surface area contributed by atoms with E-state index in [1.54, 1.807) is 20.3 Å². The summed E-state index contributed by atoms with van der Waals surface area (Å²) in [5, 5.41) is 0.970. The fourth-order valence-corrected chi connectivity index (χ4v) is 2.15. The van der Waals surface area contributed by atoms with Crippen LogP contribution in [0.1, 0.15) is 5.69 Å². The van der Waals surface area contributed by atoms with Crippen LogP contribution in [0.4, 0.5) is 0 Å². The molecule has 102 valence electrons. The molecule has 1 aromatic carbocycles. The van der Waals surface area contributed by atoms with E-state index >= 15 is 0 Å². The molecule has 0 aliphatic heterocycles. The Hall–Kier alpha value is -2.17. The van der Waals surface area contributed by atoms with E-state index in [1.165, 1.54) is 7.11 Å². The lowest BCUT2D eigenvalue weighted by atomic mass is 10.2. The van der Waals surface area contributed by atoms with Crippen LogP contribution in [-0.2, 0) is 16.1 Å². The van der Waals surface area contributed by atoms with Gasteiger partial charge in [0.15, 0.2) is 0 Å². The molecule has 0 N–H and O–H groups in total. The minimum absolute atomic E-state index is 0.161. The Morgan fingerprint density at radius 1 is 1.16 bits per heavy atom. The van der Waals surface area contributed by atoms with Gasteiger partial charge < -0.3 is 18.8 Å². The summed E-state index contributed by atoms with van der Waals surface area (Å²) >= 11 is 0. The van der Waals surface area contributed by atoms with E-state index in [0.29, 0.717) is 5.75 Å². The molecule has 0 radical (unpaired) electrons. The van der Waals surface area contributed by atoms with Crippen molar-refractivity contribution in [2.24, 2.45) is 0 Å². The molecule has 2 rings (SSSR count). The lowest BCUT2D eigenvalue weighted by Gasteiger charge is -2.11. The predicted molar refractivity (Wildman–Crippen MR) is 71.8 cm³/mol. The first-order valence-corrected chi connectivity index (χ1v) is 5.89. The summed E-state index contributed by atoms with van der Waals surface area (Å²) in [6, 6.07) is 5.71. The Morgan fingerprint density at radius 3 is 2.47 bits per heavy atom. The number of esters is 1. The molecule has 19 heavy (non-hydrogen) atoms. The van der Waals surface area contributed by atoms with Crippen LogP contribution in [-0.4, -0.2) is 31.9 Å². The van der Waals surface area contributed by atoms with Crippen LogP contribution >= 0.6 is 0 Å². The minimum atomic E-state index is -0.293. The molecule has 5 nitrogen and oxygen atoms in total. The number of aryl methyl sites for hydroxylation is 1. The summed E-state index contributed by atoms with van der Waals surface area (Å²) in [7, 11) is 4.58. The van der Waals surface area contributed by atoms with Crippen molar-refractivity contribution in [2.45, 2.75) is 13.5 Å². The molecule has 0 amide bonds. The van der Waals surface area contributed by atoms with Crippen LogP contribution in [0.15, 0.2) is 18.2 Å². The first-order chi connectivity index (χ1) is 9.10. The van der Waals surface area contributed by atoms with E-state index in [1.807, 2.05) is 23.6 Å². The van der Waals surface area contributed by atoms with Gasteiger partial charge in [-0.05, 0) is 19.1 Å². The second-order valence-electron chi connectivity index (χ2n) is 4.22. The van der Waals surface area contributed by atoms with Crippen LogP contribution in [0, 0.1) is 6.92 Å². The Morgan fingerprint density at radius 2 is 1.89 bits per heavy atom. The first kappa shape index (κ1) is 13.3. The molecule has 1 aromatic heterocycles. The van der Waals surface area contributed by atoms with Crippen molar-refractivity contribution < 1.29 is 19.0 Å². The van der Waals surface area contributed by atoms with Gasteiger partial charge in [0.05, 0.1) is 26.8 Å². The number of fused-ring (bicyclic) bond motifs is 1. The molecule has 2 aromatic rings. The van der Waals surface area contributed by atoms with Crippen LogP contribution in [0.5, 0.6) is 11.5 Å². The Kier molecular flexibility index (Phi) is 3.64. The van der Waals surface area contributed by atoms with Gasteiger partial charge in [0.1, 0.15) is 18.0 Å². The lowest BCUT2D eigenvalue weighted by Crippen LogP contribution is -2.12. The average molecular weight is 263 g/mol. The van der Waals surface area contributed by atoms with Crippen LogP contribution in [0.3, 0.4) is 0 Å². The fourth-order valence-electron chi connectivity index (χ4n) is 2.15. The molecule has 0 fully saturated rings. The summed E-state index contributed by atoms with van der Waals surface area (Å²) in [5.41, 5.74) is 1.83. The highest BCUT2D eigenvalue weighted by Crippen LogP contribution is 2.33. The normalized spacial score (nSPS) is 10.5. The van der Waals surface area contributed by atoms with Crippen LogP contribution in [0.25, 0.3) is 10.9 Å². The molecule has 5 heteroatoms. The van der Waals surface area contributed by atoms with Crippen molar-refractivity contribution in [3.8, 4) is 11.5 Å². The molecule has 0 saturated heterocycles. The number of methoxy groups -OCH3 is 3. The highest BCUT2D eigenvalue weighted by molar-refractivity contribution is 5.89. The number of nitrogens with zero attached hydrogens (tertiary/aromatic N) is 1. The molecule has 0 spiro atoms. The Labute approximate surface area is 111 Å². The van der Waals surface area contributed by atoms with Gasteiger partial charge in [0.2, 0.25) is 0 Å². The van der Waals surface area contributed by atoms with Crippen molar-refractivity contribution in [1.82, 2.24) is 4.57 Å². The average Bonchev–Trinajstić information content (AvgIpc) is 2.73. The first-order valence-electron chi connectivity index (χ1n) is 5.89. The molecular formula is C14H17NO4. The highest BCUT2D eigenvalue weighted by atomic mass is 16.5. The number of carbonyl (C=O) groups excluding carboxylic acids is 1. The summed E-state index contributed by atoms with van der Waals surface area (Å²) in [5.74, 6) is 1.10. The third-order valence-corrected chi connectivity index (χ3v) is 3.11. The van der Waals surface area contributed by atoms with Crippen molar-refractivity contribution in [3.05, 3.63) is 23.9 Å². The number of hydrogen-bond donors (Lipinski definition) is 0. The minimum Gasteiger partial charge on any atom is -0.497 e. The van der Waals surface area contributed by atoms with Crippen molar-refractivity contribution >= 4 is 16.9 Å². The summed E-state index contributed by atoms with van der Waals surface area (Å²) in [6.45, 7) is 2.10. The zero-order valence-electron chi connectivity index (χ0n) is 11.5. The molecule has 0 atom stereocenters. The standard InChI is InChI=1S/C14H17NO4/c1-9-5-10-6-11(17-2)7-12(18-3)14(10)15(9)8-13(16)19-4/h5-7H,8H2,1-4H3. The largest absolute Gasteiger partial charge is 0.497 e. The monoisotopic (exact) mass is 263 g/mol. The molecule has 0 aliphatic carbocycles. The number of aromatic nitrogens is 1. The van der Waals surface area contributed by atoms with Crippen LogP contribution < -0.4 is 9.47 Å². The second kappa shape index (κ2) is 5.22. The van der Waals surface area contributed by atoms with Gasteiger partial charge in [-0.1, -0.05) is 0 Å². The fraction of sp³-hybridized carbons (Fsp3) is 0.357. The van der Waals surface area contributed by atoms with Gasteiger partial charge in [-0.3, -0.25) is 4.79 Å². The molecule has 0 bridgehead atoms. The number of carbonyl (C=O) groups is 1. The summed E-state index contributed by atoms with van der Waals surface area (Å²) < 4.78 is 17.2. The van der Waals surface area contributed by atoms with E-state index in [4.69, 9.17) is 14.2 Å². The van der Waals surface area contributed by atoms with Gasteiger partial charge in [0.25, 0.3) is 0 Å². The smallest absolute Gasteiger partial charge is 0.325 e. The third kappa shape index (κ3) is 2.36. The van der Waals surface area contributed by atoms with Gasteiger partial charge in [0, 0.05) is 17.1 Å². The number of hydrogen-bond acceptors (Lipinski definition) is 4. The van der Waals surface area contributed by atoms with E-state index in [-0.39, 0.29) is 12.5 Å². The zero-order valence-corrected chi connectivity index (χ0v) is 11.5. The van der Waals surface area contributed by atoms with Gasteiger partial charge in [-0.2, -0.15) is 0 Å². The predicted octanol–water partition coefficient (Wildman–Crippen LogP) is 2.14. The Bertz CT molecular complexity index is 615. The van der Waals surface area contributed by atoms with E-state index in [0.717, 1.165) is 22.3 Å². The zero-order chi connectivity index (χ0) is 14.0. The summed E-state index contributed by atoms with van der Waals surface area (Å²) in [6.07, 6.45) is 0. The van der Waals surface area contributed by atoms with Gasteiger partial charge in [-0.15, -0.1) is 0 Å². The number of rotatable bonds is 4. The molecule has 0 unspecified atom stereocenters. The van der Waals surface area contributed by atoms with Crippen molar-refractivity contribution in [2.75, 3.05) is 21.3 Å². The van der Waals surface area contributed by atoms with E-state index < -0.39 is 0 Å². The maximum Gasteiger partial charge on any atom is 0.325 e. The second-order valence-corrected chi connectivity index (χ2v) is 4.22. The third-order valence-electron chi connectivity index (χ3n) is 3.11. The molecule has 0 aliphatic rings. The maximum absolute atomic E-state index is 11.5. The quantitative estimate of drug-likeness (QED) is 0.793. The lowest BCUT2D eigenvalue weighted by molar-refractivity contribution is -0.141. The molecule has 0 saturated carbocycles. The van der Waals surface area contributed by atoms with E-state index in [9.17, 15) is 4.79 Å². The van der Waals surface area contributed by atoms with Crippen LogP contribution in [0.2, 0.25) is 0 Å². The van der Waals surface area contributed by atoms with Gasteiger partial charge in [-0.25, -0.2) is 0 Å². The van der Waals surface area contributed by atoms with Crippen molar-refractivity contribution in [1.29, 1.82) is 0 Å². The number of ether oxygens (including phenoxy) is 3. The highest BCUT2D eigenvalue weighted by Gasteiger charge is 2.15. The Balaban J connectivity index is 2.63. The molecular weight excluding hydrogens is 246 g/mol. The maximum atomic E-state index is 11.5. The SMILES string of the molecule is COC(=O)Cn1c(C)cc2cc(OC)cc(OC)c21.